The summed E-state index contributed by atoms with van der Waals surface area (Å²) in [5.41, 5.74) is 1.23. The molecule has 0 bridgehead atoms. The fraction of sp³-hybridized carbons (Fsp3) is 0.538. The summed E-state index contributed by atoms with van der Waals surface area (Å²) in [6.45, 7) is 1.06. The Morgan fingerprint density at radius 3 is 2.88 bits per heavy atom. The minimum Gasteiger partial charge on any atom is -0.319 e. The smallest absolute Gasteiger partial charge is 0.0441 e. The van der Waals surface area contributed by atoms with Gasteiger partial charge in [0.2, 0.25) is 0 Å². The van der Waals surface area contributed by atoms with Crippen LogP contribution in [0, 0.1) is 5.92 Å². The standard InChI is InChI=1S/C13H17Cl2N/c1-16-8-9-3-2-4-11(9)12-7-10(14)5-6-13(12)15/h5-7,9,11,16H,2-4,8H2,1H3. The van der Waals surface area contributed by atoms with Gasteiger partial charge in [-0.2, -0.15) is 0 Å². The van der Waals surface area contributed by atoms with Crippen molar-refractivity contribution >= 4 is 23.2 Å². The first-order valence-corrected chi connectivity index (χ1v) is 6.57. The summed E-state index contributed by atoms with van der Waals surface area (Å²) in [6.07, 6.45) is 3.81. The van der Waals surface area contributed by atoms with E-state index in [2.05, 4.69) is 5.32 Å². The van der Waals surface area contributed by atoms with Crippen molar-refractivity contribution in [3.63, 3.8) is 0 Å². The molecule has 2 atom stereocenters. The van der Waals surface area contributed by atoms with Crippen molar-refractivity contribution in [1.82, 2.24) is 5.32 Å². The molecule has 0 aliphatic heterocycles. The summed E-state index contributed by atoms with van der Waals surface area (Å²) in [5, 5.41) is 4.91. The SMILES string of the molecule is CNCC1CCCC1c1cc(Cl)ccc1Cl. The maximum atomic E-state index is 6.26. The lowest BCUT2D eigenvalue weighted by Gasteiger charge is -2.21. The lowest BCUT2D eigenvalue weighted by Crippen LogP contribution is -2.21. The van der Waals surface area contributed by atoms with E-state index in [1.165, 1.54) is 24.8 Å². The zero-order valence-corrected chi connectivity index (χ0v) is 11.0. The molecule has 88 valence electrons. The Labute approximate surface area is 107 Å². The highest BCUT2D eigenvalue weighted by atomic mass is 35.5. The van der Waals surface area contributed by atoms with E-state index in [1.54, 1.807) is 0 Å². The zero-order chi connectivity index (χ0) is 11.5. The molecule has 0 aromatic heterocycles. The van der Waals surface area contributed by atoms with Gasteiger partial charge in [0, 0.05) is 10.0 Å². The highest BCUT2D eigenvalue weighted by Crippen LogP contribution is 2.42. The normalized spacial score (nSPS) is 24.9. The molecule has 1 aliphatic rings. The zero-order valence-electron chi connectivity index (χ0n) is 9.47. The van der Waals surface area contributed by atoms with Gasteiger partial charge in [0.25, 0.3) is 0 Å². The number of nitrogens with one attached hydrogen (secondary N) is 1. The Balaban J connectivity index is 2.25. The molecule has 16 heavy (non-hydrogen) atoms. The molecule has 1 N–H and O–H groups in total. The van der Waals surface area contributed by atoms with Crippen molar-refractivity contribution in [2.75, 3.05) is 13.6 Å². The second-order valence-corrected chi connectivity index (χ2v) is 5.36. The van der Waals surface area contributed by atoms with Gasteiger partial charge in [-0.3, -0.25) is 0 Å². The van der Waals surface area contributed by atoms with Crippen molar-refractivity contribution in [1.29, 1.82) is 0 Å². The average molecular weight is 258 g/mol. The van der Waals surface area contributed by atoms with Crippen LogP contribution in [0.15, 0.2) is 18.2 Å². The Hall–Kier alpha value is -0.240. The molecule has 3 heteroatoms. The van der Waals surface area contributed by atoms with Gasteiger partial charge in [0.15, 0.2) is 0 Å². The Bertz CT molecular complexity index is 365. The van der Waals surface area contributed by atoms with E-state index in [1.807, 2.05) is 25.2 Å². The van der Waals surface area contributed by atoms with Gasteiger partial charge >= 0.3 is 0 Å². The number of hydrogen-bond acceptors (Lipinski definition) is 1. The lowest BCUT2D eigenvalue weighted by atomic mass is 9.89. The molecule has 2 unspecified atom stereocenters. The van der Waals surface area contributed by atoms with E-state index in [4.69, 9.17) is 23.2 Å². The molecule has 1 saturated carbocycles. The van der Waals surface area contributed by atoms with Crippen LogP contribution in [0.4, 0.5) is 0 Å². The average Bonchev–Trinajstić information content (AvgIpc) is 2.70. The maximum absolute atomic E-state index is 6.26. The number of hydrogen-bond donors (Lipinski definition) is 1. The summed E-state index contributed by atoms with van der Waals surface area (Å²) in [4.78, 5) is 0. The second kappa shape index (κ2) is 5.39. The van der Waals surface area contributed by atoms with Crippen LogP contribution >= 0.6 is 23.2 Å². The number of halogens is 2. The van der Waals surface area contributed by atoms with Crippen LogP contribution in [0.3, 0.4) is 0 Å². The highest BCUT2D eigenvalue weighted by Gasteiger charge is 2.29. The van der Waals surface area contributed by atoms with Gasteiger partial charge in [-0.1, -0.05) is 29.6 Å². The van der Waals surface area contributed by atoms with Gasteiger partial charge in [-0.05, 0) is 62.0 Å². The summed E-state index contributed by atoms with van der Waals surface area (Å²) in [6, 6.07) is 5.80. The van der Waals surface area contributed by atoms with Crippen molar-refractivity contribution in [3.8, 4) is 0 Å². The van der Waals surface area contributed by atoms with Crippen molar-refractivity contribution in [3.05, 3.63) is 33.8 Å². The van der Waals surface area contributed by atoms with E-state index in [9.17, 15) is 0 Å². The fourth-order valence-corrected chi connectivity index (χ4v) is 3.19. The summed E-state index contributed by atoms with van der Waals surface area (Å²) < 4.78 is 0. The monoisotopic (exact) mass is 257 g/mol. The Kier molecular flexibility index (Phi) is 4.12. The molecule has 2 rings (SSSR count). The third kappa shape index (κ3) is 2.53. The minimum atomic E-state index is 0.568. The van der Waals surface area contributed by atoms with Crippen molar-refractivity contribution in [2.45, 2.75) is 25.2 Å². The molecule has 1 fully saturated rings. The van der Waals surface area contributed by atoms with E-state index in [0.29, 0.717) is 11.8 Å². The van der Waals surface area contributed by atoms with Crippen LogP contribution in [0.25, 0.3) is 0 Å². The van der Waals surface area contributed by atoms with E-state index >= 15 is 0 Å². The van der Waals surface area contributed by atoms with Gasteiger partial charge in [0.05, 0.1) is 0 Å². The molecule has 1 aromatic rings. The quantitative estimate of drug-likeness (QED) is 0.860. The third-order valence-corrected chi connectivity index (χ3v) is 4.06. The van der Waals surface area contributed by atoms with Crippen molar-refractivity contribution < 1.29 is 0 Å². The van der Waals surface area contributed by atoms with Gasteiger partial charge in [0.1, 0.15) is 0 Å². The first kappa shape index (κ1) is 12.2. The van der Waals surface area contributed by atoms with Gasteiger partial charge in [-0.25, -0.2) is 0 Å². The molecule has 0 spiro atoms. The van der Waals surface area contributed by atoms with Crippen LogP contribution in [-0.2, 0) is 0 Å². The maximum Gasteiger partial charge on any atom is 0.0441 e. The Morgan fingerprint density at radius 2 is 2.12 bits per heavy atom. The predicted octanol–water partition coefficient (Wildman–Crippen LogP) is 4.10. The molecule has 0 radical (unpaired) electrons. The first-order valence-electron chi connectivity index (χ1n) is 5.82. The topological polar surface area (TPSA) is 12.0 Å². The van der Waals surface area contributed by atoms with E-state index < -0.39 is 0 Å². The second-order valence-electron chi connectivity index (χ2n) is 4.52. The highest BCUT2D eigenvalue weighted by molar-refractivity contribution is 6.33. The predicted molar refractivity (Wildman–Crippen MR) is 70.5 cm³/mol. The third-order valence-electron chi connectivity index (χ3n) is 3.48. The van der Waals surface area contributed by atoms with Crippen LogP contribution in [0.1, 0.15) is 30.7 Å². The van der Waals surface area contributed by atoms with Crippen LogP contribution < -0.4 is 5.32 Å². The van der Waals surface area contributed by atoms with Crippen LogP contribution in [0.5, 0.6) is 0 Å². The molecule has 0 heterocycles. The molecular weight excluding hydrogens is 241 g/mol. The van der Waals surface area contributed by atoms with Crippen molar-refractivity contribution in [2.24, 2.45) is 5.92 Å². The molecule has 1 aliphatic carbocycles. The molecule has 1 aromatic carbocycles. The fourth-order valence-electron chi connectivity index (χ4n) is 2.75. The molecule has 1 nitrogen and oxygen atoms in total. The largest absolute Gasteiger partial charge is 0.319 e. The number of rotatable bonds is 3. The van der Waals surface area contributed by atoms with E-state index in [-0.39, 0.29) is 0 Å². The van der Waals surface area contributed by atoms with Gasteiger partial charge in [-0.15, -0.1) is 0 Å². The molecule has 0 amide bonds. The van der Waals surface area contributed by atoms with Crippen LogP contribution in [0.2, 0.25) is 10.0 Å². The number of benzene rings is 1. The summed E-state index contributed by atoms with van der Waals surface area (Å²) in [7, 11) is 2.01. The first-order chi connectivity index (χ1) is 7.72. The van der Waals surface area contributed by atoms with Gasteiger partial charge < -0.3 is 5.32 Å². The molecule has 0 saturated heterocycles. The summed E-state index contributed by atoms with van der Waals surface area (Å²) >= 11 is 12.3. The summed E-state index contributed by atoms with van der Waals surface area (Å²) in [5.74, 6) is 1.26. The molecular formula is C13H17Cl2N. The van der Waals surface area contributed by atoms with E-state index in [0.717, 1.165) is 16.6 Å². The Morgan fingerprint density at radius 1 is 1.31 bits per heavy atom. The van der Waals surface area contributed by atoms with Crippen LogP contribution in [-0.4, -0.2) is 13.6 Å². The lowest BCUT2D eigenvalue weighted by molar-refractivity contribution is 0.462. The minimum absolute atomic E-state index is 0.568.